The Morgan fingerprint density at radius 3 is 1.72 bits per heavy atom. The van der Waals surface area contributed by atoms with Crippen LogP contribution >= 0.6 is 0 Å². The monoisotopic (exact) mass is 430 g/mol. The summed E-state index contributed by atoms with van der Waals surface area (Å²) in [5.74, 6) is -1.16. The van der Waals surface area contributed by atoms with Crippen LogP contribution in [0.5, 0.6) is 11.5 Å². The minimum atomic E-state index is -0.995. The fourth-order valence-corrected chi connectivity index (χ4v) is 3.35. The molecule has 7 heteroatoms. The van der Waals surface area contributed by atoms with Crippen LogP contribution in [-0.2, 0) is 29.2 Å². The predicted octanol–water partition coefficient (Wildman–Crippen LogP) is 3.37. The van der Waals surface area contributed by atoms with Crippen molar-refractivity contribution in [3.63, 3.8) is 0 Å². The molecule has 1 aliphatic rings. The summed E-state index contributed by atoms with van der Waals surface area (Å²) >= 11 is 0. The van der Waals surface area contributed by atoms with Crippen LogP contribution in [-0.4, -0.2) is 17.8 Å². The van der Waals surface area contributed by atoms with Crippen LogP contribution < -0.4 is 20.1 Å². The van der Waals surface area contributed by atoms with Gasteiger partial charge in [-0.2, -0.15) is 0 Å². The molecule has 1 aliphatic heterocycles. The Labute approximate surface area is 185 Å². The molecular formula is C25H22N2O5. The zero-order chi connectivity index (χ0) is 22.3. The lowest BCUT2D eigenvalue weighted by molar-refractivity contribution is -0.135. The van der Waals surface area contributed by atoms with Gasteiger partial charge in [0.15, 0.2) is 11.5 Å². The first-order chi connectivity index (χ1) is 15.6. The van der Waals surface area contributed by atoms with Crippen molar-refractivity contribution < 1.29 is 23.9 Å². The summed E-state index contributed by atoms with van der Waals surface area (Å²) in [6, 6.07) is 24.0. The summed E-state index contributed by atoms with van der Waals surface area (Å²) in [4.78, 5) is 35.5. The molecule has 0 radical (unpaired) electrons. The van der Waals surface area contributed by atoms with Crippen LogP contribution in [0.4, 0.5) is 4.79 Å². The van der Waals surface area contributed by atoms with E-state index in [0.717, 1.165) is 11.1 Å². The van der Waals surface area contributed by atoms with E-state index in [1.165, 1.54) is 0 Å². The molecule has 0 saturated carbocycles. The Morgan fingerprint density at radius 1 is 0.625 bits per heavy atom. The molecule has 2 N–H and O–H groups in total. The summed E-state index contributed by atoms with van der Waals surface area (Å²) in [5.41, 5.74) is 2.73. The quantitative estimate of drug-likeness (QED) is 0.535. The van der Waals surface area contributed by atoms with E-state index < -0.39 is 23.8 Å². The highest BCUT2D eigenvalue weighted by Gasteiger charge is 2.34. The smallest absolute Gasteiger partial charge is 0.328 e. The second-order valence-corrected chi connectivity index (χ2v) is 7.39. The largest absolute Gasteiger partial charge is 0.485 e. The maximum Gasteiger partial charge on any atom is 0.328 e. The van der Waals surface area contributed by atoms with Crippen molar-refractivity contribution in [1.82, 2.24) is 10.6 Å². The number of nitrogens with one attached hydrogen (secondary N) is 2. The highest BCUT2D eigenvalue weighted by atomic mass is 16.5. The SMILES string of the molecule is O=C1NC(=O)C(Cc2ccc(OCc3ccccc3)c(OCc3ccccc3)c2)C(=O)N1. The number of ether oxygens (including phenoxy) is 2. The summed E-state index contributed by atoms with van der Waals surface area (Å²) in [6.07, 6.45) is 0.131. The van der Waals surface area contributed by atoms with Crippen molar-refractivity contribution in [2.45, 2.75) is 19.6 Å². The molecule has 0 spiro atoms. The molecule has 0 bridgehead atoms. The molecule has 0 unspecified atom stereocenters. The molecule has 7 nitrogen and oxygen atoms in total. The maximum absolute atomic E-state index is 12.1. The van der Waals surface area contributed by atoms with Crippen LogP contribution in [0.2, 0.25) is 0 Å². The number of rotatable bonds is 8. The van der Waals surface area contributed by atoms with E-state index in [9.17, 15) is 14.4 Å². The third-order valence-electron chi connectivity index (χ3n) is 5.03. The first kappa shape index (κ1) is 21.1. The van der Waals surface area contributed by atoms with E-state index in [4.69, 9.17) is 9.47 Å². The van der Waals surface area contributed by atoms with Crippen molar-refractivity contribution in [3.05, 3.63) is 95.6 Å². The molecule has 162 valence electrons. The Kier molecular flexibility index (Phi) is 6.46. The molecule has 1 fully saturated rings. The van der Waals surface area contributed by atoms with Gasteiger partial charge in [-0.25, -0.2) is 4.79 Å². The van der Waals surface area contributed by atoms with Crippen LogP contribution in [0, 0.1) is 5.92 Å². The number of imide groups is 2. The average Bonchev–Trinajstić information content (AvgIpc) is 2.80. The fourth-order valence-electron chi connectivity index (χ4n) is 3.35. The van der Waals surface area contributed by atoms with Crippen molar-refractivity contribution in [2.75, 3.05) is 0 Å². The van der Waals surface area contributed by atoms with Gasteiger partial charge in [-0.3, -0.25) is 20.2 Å². The lowest BCUT2D eigenvalue weighted by atomic mass is 9.96. The van der Waals surface area contributed by atoms with Gasteiger partial charge in [0.05, 0.1) is 0 Å². The Bertz CT molecular complexity index is 1100. The molecular weight excluding hydrogens is 408 g/mol. The van der Waals surface area contributed by atoms with Crippen LogP contribution in [0.1, 0.15) is 16.7 Å². The zero-order valence-electron chi connectivity index (χ0n) is 17.2. The average molecular weight is 430 g/mol. The molecule has 4 amide bonds. The lowest BCUT2D eigenvalue weighted by Crippen LogP contribution is -2.56. The van der Waals surface area contributed by atoms with Gasteiger partial charge in [0.1, 0.15) is 19.1 Å². The highest BCUT2D eigenvalue weighted by Crippen LogP contribution is 2.31. The number of carbonyl (C=O) groups is 3. The molecule has 3 aromatic carbocycles. The van der Waals surface area contributed by atoms with Gasteiger partial charge < -0.3 is 9.47 Å². The molecule has 3 aromatic rings. The second kappa shape index (κ2) is 9.78. The molecule has 0 aliphatic carbocycles. The summed E-state index contributed by atoms with van der Waals surface area (Å²) in [7, 11) is 0. The number of carbonyl (C=O) groups excluding carboxylic acids is 3. The lowest BCUT2D eigenvalue weighted by Gasteiger charge is -2.21. The molecule has 0 aromatic heterocycles. The first-order valence-corrected chi connectivity index (χ1v) is 10.2. The van der Waals surface area contributed by atoms with Gasteiger partial charge in [-0.15, -0.1) is 0 Å². The Hall–Kier alpha value is -4.13. The molecule has 4 rings (SSSR count). The van der Waals surface area contributed by atoms with E-state index >= 15 is 0 Å². The standard InChI is InChI=1S/C25H22N2O5/c28-23-20(24(29)27-25(30)26-23)13-19-11-12-21(31-15-17-7-3-1-4-8-17)22(14-19)32-16-18-9-5-2-6-10-18/h1-12,14,20H,13,15-16H2,(H2,26,27,28,29,30). The van der Waals surface area contributed by atoms with Gasteiger partial charge in [0.2, 0.25) is 11.8 Å². The van der Waals surface area contributed by atoms with E-state index in [-0.39, 0.29) is 6.42 Å². The third kappa shape index (κ3) is 5.31. The predicted molar refractivity (Wildman–Crippen MR) is 117 cm³/mol. The van der Waals surface area contributed by atoms with Gasteiger partial charge >= 0.3 is 6.03 Å². The fraction of sp³-hybridized carbons (Fsp3) is 0.160. The van der Waals surface area contributed by atoms with Crippen LogP contribution in [0.25, 0.3) is 0 Å². The minimum absolute atomic E-state index is 0.131. The first-order valence-electron chi connectivity index (χ1n) is 10.2. The van der Waals surface area contributed by atoms with Crippen molar-refractivity contribution in [2.24, 2.45) is 5.92 Å². The van der Waals surface area contributed by atoms with E-state index in [1.54, 1.807) is 18.2 Å². The molecule has 1 saturated heterocycles. The van der Waals surface area contributed by atoms with Crippen molar-refractivity contribution in [1.29, 1.82) is 0 Å². The number of benzene rings is 3. The topological polar surface area (TPSA) is 93.7 Å². The second-order valence-electron chi connectivity index (χ2n) is 7.39. The van der Waals surface area contributed by atoms with E-state index in [1.807, 2.05) is 60.7 Å². The van der Waals surface area contributed by atoms with Crippen LogP contribution in [0.3, 0.4) is 0 Å². The number of barbiturate groups is 1. The summed E-state index contributed by atoms with van der Waals surface area (Å²) in [6.45, 7) is 0.711. The van der Waals surface area contributed by atoms with Gasteiger partial charge in [0.25, 0.3) is 0 Å². The number of amides is 4. The van der Waals surface area contributed by atoms with Crippen molar-refractivity contribution in [3.8, 4) is 11.5 Å². The number of urea groups is 1. The zero-order valence-corrected chi connectivity index (χ0v) is 17.2. The highest BCUT2D eigenvalue weighted by molar-refractivity contribution is 6.16. The van der Waals surface area contributed by atoms with Gasteiger partial charge in [-0.05, 0) is 35.2 Å². The molecule has 0 atom stereocenters. The summed E-state index contributed by atoms with van der Waals surface area (Å²) < 4.78 is 12.0. The van der Waals surface area contributed by atoms with Crippen molar-refractivity contribution >= 4 is 17.8 Å². The molecule has 1 heterocycles. The number of hydrogen-bond acceptors (Lipinski definition) is 5. The minimum Gasteiger partial charge on any atom is -0.485 e. The van der Waals surface area contributed by atoms with E-state index in [2.05, 4.69) is 10.6 Å². The van der Waals surface area contributed by atoms with Gasteiger partial charge in [-0.1, -0.05) is 66.7 Å². The number of hydrogen-bond donors (Lipinski definition) is 2. The summed E-state index contributed by atoms with van der Waals surface area (Å²) in [5, 5.41) is 4.25. The third-order valence-corrected chi connectivity index (χ3v) is 5.03. The van der Waals surface area contributed by atoms with Crippen LogP contribution in [0.15, 0.2) is 78.9 Å². The van der Waals surface area contributed by atoms with E-state index in [0.29, 0.717) is 30.3 Å². The molecule has 32 heavy (non-hydrogen) atoms. The Balaban J connectivity index is 1.53. The normalized spacial score (nSPS) is 13.9. The maximum atomic E-state index is 12.1. The Morgan fingerprint density at radius 2 is 1.16 bits per heavy atom. The van der Waals surface area contributed by atoms with Gasteiger partial charge in [0, 0.05) is 0 Å².